The summed E-state index contributed by atoms with van der Waals surface area (Å²) in [5, 5.41) is 12.7. The molecule has 0 aliphatic carbocycles. The van der Waals surface area contributed by atoms with E-state index in [2.05, 4.69) is 15.5 Å². The molecule has 140 valence electrons. The van der Waals surface area contributed by atoms with Crippen molar-refractivity contribution in [2.24, 2.45) is 0 Å². The molecule has 2 heterocycles. The van der Waals surface area contributed by atoms with Gasteiger partial charge in [-0.2, -0.15) is 0 Å². The fourth-order valence-electron chi connectivity index (χ4n) is 3.15. The molecule has 0 fully saturated rings. The summed E-state index contributed by atoms with van der Waals surface area (Å²) >= 11 is 0. The number of ether oxygens (including phenoxy) is 1. The minimum Gasteiger partial charge on any atom is -0.452 e. The molecule has 0 saturated carbocycles. The monoisotopic (exact) mass is 374 g/mol. The lowest BCUT2D eigenvalue weighted by molar-refractivity contribution is -0.124. The summed E-state index contributed by atoms with van der Waals surface area (Å²) in [6.07, 6.45) is 3.05. The smallest absolute Gasteiger partial charge is 0.340 e. The van der Waals surface area contributed by atoms with Crippen molar-refractivity contribution in [1.29, 1.82) is 0 Å². The van der Waals surface area contributed by atoms with E-state index in [0.29, 0.717) is 11.2 Å². The van der Waals surface area contributed by atoms with Gasteiger partial charge in [0.05, 0.1) is 11.6 Å². The van der Waals surface area contributed by atoms with Crippen molar-refractivity contribution in [2.75, 3.05) is 6.61 Å². The number of esters is 1. The zero-order valence-electron chi connectivity index (χ0n) is 15.2. The fourth-order valence-corrected chi connectivity index (χ4v) is 3.15. The Morgan fingerprint density at radius 3 is 2.82 bits per heavy atom. The second-order valence-electron chi connectivity index (χ2n) is 6.45. The molecule has 0 aliphatic heterocycles. The van der Waals surface area contributed by atoms with Crippen LogP contribution >= 0.6 is 0 Å². The molecule has 0 saturated heterocycles. The topological polar surface area (TPSA) is 85.6 Å². The normalized spacial score (nSPS) is 12.0. The second-order valence-corrected chi connectivity index (χ2v) is 6.45. The standard InChI is InChI=1S/C21H18N4O3/c1-14(17-8-4-6-15-5-2-3-7-18(15)17)23-20(26)12-28-21(27)16-9-10-19-24-22-13-25(19)11-16/h2-11,13-14H,12H2,1H3,(H,23,26). The van der Waals surface area contributed by atoms with Gasteiger partial charge in [0.25, 0.3) is 5.91 Å². The maximum absolute atomic E-state index is 12.3. The second kappa shape index (κ2) is 7.48. The fraction of sp³-hybridized carbons (Fsp3) is 0.143. The first-order chi connectivity index (χ1) is 13.6. The van der Waals surface area contributed by atoms with Crippen LogP contribution in [0.5, 0.6) is 0 Å². The summed E-state index contributed by atoms with van der Waals surface area (Å²) in [4.78, 5) is 24.4. The van der Waals surface area contributed by atoms with E-state index in [1.165, 1.54) is 6.33 Å². The molecule has 4 rings (SSSR count). The SMILES string of the molecule is CC(NC(=O)COC(=O)c1ccc2nncn2c1)c1cccc2ccccc12. The molecule has 0 spiro atoms. The number of aromatic nitrogens is 3. The number of hydrogen-bond donors (Lipinski definition) is 1. The molecule has 1 unspecified atom stereocenters. The summed E-state index contributed by atoms with van der Waals surface area (Å²) in [6, 6.07) is 17.0. The van der Waals surface area contributed by atoms with Crippen molar-refractivity contribution >= 4 is 28.3 Å². The molecule has 0 aliphatic rings. The average molecular weight is 374 g/mol. The van der Waals surface area contributed by atoms with Crippen LogP contribution in [0.25, 0.3) is 16.4 Å². The Labute approximate surface area is 161 Å². The van der Waals surface area contributed by atoms with E-state index in [9.17, 15) is 9.59 Å². The number of rotatable bonds is 5. The van der Waals surface area contributed by atoms with Gasteiger partial charge >= 0.3 is 5.97 Å². The summed E-state index contributed by atoms with van der Waals surface area (Å²) < 4.78 is 6.74. The molecule has 2 aromatic carbocycles. The third kappa shape index (κ3) is 3.55. The maximum Gasteiger partial charge on any atom is 0.340 e. The predicted octanol–water partition coefficient (Wildman–Crippen LogP) is 2.92. The molecule has 2 aromatic heterocycles. The van der Waals surface area contributed by atoms with E-state index in [1.807, 2.05) is 49.4 Å². The van der Waals surface area contributed by atoms with Crippen LogP contribution in [-0.2, 0) is 9.53 Å². The van der Waals surface area contributed by atoms with Crippen LogP contribution in [0.1, 0.15) is 28.9 Å². The summed E-state index contributed by atoms with van der Waals surface area (Å²) in [5.74, 6) is -0.942. The Bertz CT molecular complexity index is 1160. The quantitative estimate of drug-likeness (QED) is 0.543. The summed E-state index contributed by atoms with van der Waals surface area (Å²) in [7, 11) is 0. The highest BCUT2D eigenvalue weighted by atomic mass is 16.5. The lowest BCUT2D eigenvalue weighted by Gasteiger charge is -2.16. The van der Waals surface area contributed by atoms with Gasteiger partial charge in [0.2, 0.25) is 0 Å². The lowest BCUT2D eigenvalue weighted by Crippen LogP contribution is -2.31. The number of hydrogen-bond acceptors (Lipinski definition) is 5. The van der Waals surface area contributed by atoms with Gasteiger partial charge in [-0.1, -0.05) is 42.5 Å². The molecule has 1 atom stereocenters. The molecular weight excluding hydrogens is 356 g/mol. The molecular formula is C21H18N4O3. The first-order valence-corrected chi connectivity index (χ1v) is 8.85. The molecule has 4 aromatic rings. The molecule has 28 heavy (non-hydrogen) atoms. The average Bonchev–Trinajstić information content (AvgIpc) is 3.19. The Morgan fingerprint density at radius 2 is 1.93 bits per heavy atom. The molecule has 1 amide bonds. The van der Waals surface area contributed by atoms with Crippen molar-refractivity contribution < 1.29 is 14.3 Å². The van der Waals surface area contributed by atoms with Gasteiger partial charge in [0.1, 0.15) is 6.33 Å². The predicted molar refractivity (Wildman–Crippen MR) is 104 cm³/mol. The van der Waals surface area contributed by atoms with Crippen molar-refractivity contribution in [2.45, 2.75) is 13.0 Å². The van der Waals surface area contributed by atoms with Gasteiger partial charge in [0.15, 0.2) is 12.3 Å². The summed E-state index contributed by atoms with van der Waals surface area (Å²) in [5.41, 5.74) is 1.95. The number of carbonyl (C=O) groups is 2. The van der Waals surface area contributed by atoms with Crippen molar-refractivity contribution in [3.05, 3.63) is 78.2 Å². The van der Waals surface area contributed by atoms with Gasteiger partial charge < -0.3 is 10.1 Å². The Kier molecular flexibility index (Phi) is 4.72. The van der Waals surface area contributed by atoms with Crippen LogP contribution in [0.2, 0.25) is 0 Å². The molecule has 7 nitrogen and oxygen atoms in total. The van der Waals surface area contributed by atoms with E-state index in [1.54, 1.807) is 22.7 Å². The number of fused-ring (bicyclic) bond motifs is 2. The van der Waals surface area contributed by atoms with Gasteiger partial charge in [0, 0.05) is 6.20 Å². The lowest BCUT2D eigenvalue weighted by atomic mass is 10.00. The van der Waals surface area contributed by atoms with Crippen LogP contribution in [0.4, 0.5) is 0 Å². The number of nitrogens with one attached hydrogen (secondary N) is 1. The Morgan fingerprint density at radius 1 is 1.11 bits per heavy atom. The zero-order chi connectivity index (χ0) is 19.5. The van der Waals surface area contributed by atoms with Crippen LogP contribution in [-0.4, -0.2) is 33.1 Å². The first-order valence-electron chi connectivity index (χ1n) is 8.85. The highest BCUT2D eigenvalue weighted by molar-refractivity contribution is 5.91. The van der Waals surface area contributed by atoms with Crippen LogP contribution in [0.3, 0.4) is 0 Å². The van der Waals surface area contributed by atoms with Gasteiger partial charge in [-0.05, 0) is 35.4 Å². The largest absolute Gasteiger partial charge is 0.452 e. The first kappa shape index (κ1) is 17.7. The maximum atomic E-state index is 12.3. The van der Waals surface area contributed by atoms with Crippen molar-refractivity contribution in [3.8, 4) is 0 Å². The number of amides is 1. The highest BCUT2D eigenvalue weighted by Gasteiger charge is 2.15. The minimum absolute atomic E-state index is 0.217. The van der Waals surface area contributed by atoms with Gasteiger partial charge in [-0.15, -0.1) is 10.2 Å². The Balaban J connectivity index is 1.39. The molecule has 7 heteroatoms. The third-order valence-electron chi connectivity index (χ3n) is 4.53. The van der Waals surface area contributed by atoms with Gasteiger partial charge in [-0.25, -0.2) is 4.79 Å². The minimum atomic E-state index is -0.580. The number of benzene rings is 2. The van der Waals surface area contributed by atoms with Crippen molar-refractivity contribution in [1.82, 2.24) is 19.9 Å². The molecule has 1 N–H and O–H groups in total. The Hall–Kier alpha value is -3.74. The summed E-state index contributed by atoms with van der Waals surface area (Å²) in [6.45, 7) is 1.55. The van der Waals surface area contributed by atoms with Crippen LogP contribution < -0.4 is 5.32 Å². The molecule has 0 radical (unpaired) electrons. The van der Waals surface area contributed by atoms with E-state index < -0.39 is 5.97 Å². The van der Waals surface area contributed by atoms with Crippen LogP contribution in [0.15, 0.2) is 67.1 Å². The van der Waals surface area contributed by atoms with E-state index >= 15 is 0 Å². The highest BCUT2D eigenvalue weighted by Crippen LogP contribution is 2.23. The number of carbonyl (C=O) groups excluding carboxylic acids is 2. The van der Waals surface area contributed by atoms with Gasteiger partial charge in [-0.3, -0.25) is 9.20 Å². The van der Waals surface area contributed by atoms with Crippen molar-refractivity contribution in [3.63, 3.8) is 0 Å². The zero-order valence-corrected chi connectivity index (χ0v) is 15.2. The van der Waals surface area contributed by atoms with E-state index in [-0.39, 0.29) is 18.6 Å². The number of nitrogens with zero attached hydrogens (tertiary/aromatic N) is 3. The third-order valence-corrected chi connectivity index (χ3v) is 4.53. The molecule has 0 bridgehead atoms. The van der Waals surface area contributed by atoms with E-state index in [0.717, 1.165) is 16.3 Å². The van der Waals surface area contributed by atoms with E-state index in [4.69, 9.17) is 4.74 Å². The number of pyridine rings is 1. The van der Waals surface area contributed by atoms with Crippen LogP contribution in [0, 0.1) is 0 Å².